The third kappa shape index (κ3) is 2.75. The fourth-order valence-electron chi connectivity index (χ4n) is 2.44. The molecule has 2 rings (SSSR count). The Labute approximate surface area is 110 Å². The zero-order valence-electron chi connectivity index (χ0n) is 11.7. The summed E-state index contributed by atoms with van der Waals surface area (Å²) in [5.74, 6) is 0.720. The molecule has 2 heteroatoms. The molecule has 1 heterocycles. The van der Waals surface area contributed by atoms with Crippen LogP contribution in [0.2, 0.25) is 0 Å². The highest BCUT2D eigenvalue weighted by atomic mass is 15.0. The average Bonchev–Trinajstić information content (AvgIpc) is 2.73. The normalized spacial score (nSPS) is 14.9. The number of hydrogen-bond donors (Lipinski definition) is 1. The highest BCUT2D eigenvalue weighted by molar-refractivity contribution is 5.83. The molecule has 2 N–H and O–H groups in total. The Bertz CT molecular complexity index is 511. The van der Waals surface area contributed by atoms with Crippen molar-refractivity contribution in [3.05, 3.63) is 36.0 Å². The van der Waals surface area contributed by atoms with Gasteiger partial charge in [-0.1, -0.05) is 32.4 Å². The quantitative estimate of drug-likeness (QED) is 0.856. The van der Waals surface area contributed by atoms with Crippen molar-refractivity contribution in [2.24, 2.45) is 11.7 Å². The van der Waals surface area contributed by atoms with Gasteiger partial charge in [-0.15, -0.1) is 0 Å². The Morgan fingerprint density at radius 2 is 2.00 bits per heavy atom. The number of fused-ring (bicyclic) bond motifs is 1. The zero-order valence-corrected chi connectivity index (χ0v) is 11.7. The summed E-state index contributed by atoms with van der Waals surface area (Å²) in [6.45, 7) is 7.71. The molecule has 0 radical (unpaired) electrons. The molecule has 0 bridgehead atoms. The van der Waals surface area contributed by atoms with Crippen LogP contribution >= 0.6 is 0 Å². The highest BCUT2D eigenvalue weighted by Gasteiger charge is 2.08. The smallest absolute Gasteiger partial charge is 0.0483 e. The van der Waals surface area contributed by atoms with Gasteiger partial charge in [-0.3, -0.25) is 0 Å². The Hall–Kier alpha value is -1.28. The molecule has 98 valence electrons. The minimum atomic E-state index is 0.216. The van der Waals surface area contributed by atoms with Crippen LogP contribution in [0, 0.1) is 5.92 Å². The van der Waals surface area contributed by atoms with Gasteiger partial charge in [0.15, 0.2) is 0 Å². The van der Waals surface area contributed by atoms with Crippen molar-refractivity contribution in [1.29, 1.82) is 0 Å². The van der Waals surface area contributed by atoms with Gasteiger partial charge in [0.1, 0.15) is 0 Å². The van der Waals surface area contributed by atoms with Crippen LogP contribution in [0.15, 0.2) is 30.5 Å². The molecule has 1 aromatic carbocycles. The van der Waals surface area contributed by atoms with Gasteiger partial charge < -0.3 is 10.3 Å². The van der Waals surface area contributed by atoms with Crippen LogP contribution in [0.5, 0.6) is 0 Å². The average molecular weight is 244 g/mol. The van der Waals surface area contributed by atoms with Crippen LogP contribution in [-0.4, -0.2) is 10.6 Å². The second-order valence-corrected chi connectivity index (χ2v) is 5.51. The molecule has 18 heavy (non-hydrogen) atoms. The van der Waals surface area contributed by atoms with Crippen LogP contribution in [0.3, 0.4) is 0 Å². The molecule has 1 aromatic heterocycles. The monoisotopic (exact) mass is 244 g/mol. The first-order valence-corrected chi connectivity index (χ1v) is 6.94. The Balaban J connectivity index is 2.35. The van der Waals surface area contributed by atoms with E-state index < -0.39 is 0 Å². The maximum absolute atomic E-state index is 5.92. The molecule has 0 saturated heterocycles. The second kappa shape index (κ2) is 5.57. The van der Waals surface area contributed by atoms with Gasteiger partial charge in [0, 0.05) is 29.7 Å². The second-order valence-electron chi connectivity index (χ2n) is 5.51. The number of nitrogens with two attached hydrogens (primary N) is 1. The lowest BCUT2D eigenvalue weighted by Gasteiger charge is -2.12. The predicted molar refractivity (Wildman–Crippen MR) is 78.7 cm³/mol. The van der Waals surface area contributed by atoms with Gasteiger partial charge in [0.05, 0.1) is 0 Å². The van der Waals surface area contributed by atoms with E-state index in [1.165, 1.54) is 22.9 Å². The van der Waals surface area contributed by atoms with Crippen molar-refractivity contribution in [2.75, 3.05) is 0 Å². The van der Waals surface area contributed by atoms with E-state index >= 15 is 0 Å². The number of benzene rings is 1. The van der Waals surface area contributed by atoms with Gasteiger partial charge in [-0.05, 0) is 37.0 Å². The Morgan fingerprint density at radius 3 is 2.67 bits per heavy atom. The van der Waals surface area contributed by atoms with Gasteiger partial charge in [-0.25, -0.2) is 0 Å². The summed E-state index contributed by atoms with van der Waals surface area (Å²) in [7, 11) is 0. The first-order valence-electron chi connectivity index (χ1n) is 6.94. The minimum Gasteiger partial charge on any atom is -0.347 e. The lowest BCUT2D eigenvalue weighted by molar-refractivity contribution is 0.477. The summed E-state index contributed by atoms with van der Waals surface area (Å²) in [5, 5.41) is 1.36. The topological polar surface area (TPSA) is 30.9 Å². The SMILES string of the molecule is CCC(C)Cn1ccc2c(CC(C)N)cccc21. The van der Waals surface area contributed by atoms with Gasteiger partial charge in [0.2, 0.25) is 0 Å². The molecule has 2 unspecified atom stereocenters. The largest absolute Gasteiger partial charge is 0.347 e. The minimum absolute atomic E-state index is 0.216. The van der Waals surface area contributed by atoms with E-state index in [1.54, 1.807) is 0 Å². The molecule has 0 aliphatic carbocycles. The summed E-state index contributed by atoms with van der Waals surface area (Å²) >= 11 is 0. The van der Waals surface area contributed by atoms with E-state index in [2.05, 4.69) is 55.8 Å². The molecule has 2 aromatic rings. The predicted octanol–water partition coefficient (Wildman–Crippen LogP) is 3.58. The number of aromatic nitrogens is 1. The van der Waals surface area contributed by atoms with E-state index in [-0.39, 0.29) is 6.04 Å². The van der Waals surface area contributed by atoms with E-state index in [9.17, 15) is 0 Å². The van der Waals surface area contributed by atoms with Crippen molar-refractivity contribution in [3.8, 4) is 0 Å². The molecule has 2 atom stereocenters. The summed E-state index contributed by atoms with van der Waals surface area (Å²) in [4.78, 5) is 0. The number of nitrogens with zero attached hydrogens (tertiary/aromatic N) is 1. The van der Waals surface area contributed by atoms with Crippen LogP contribution in [0.25, 0.3) is 10.9 Å². The molecular formula is C16H24N2. The number of rotatable bonds is 5. The van der Waals surface area contributed by atoms with Crippen molar-refractivity contribution < 1.29 is 0 Å². The van der Waals surface area contributed by atoms with Crippen LogP contribution < -0.4 is 5.73 Å². The Kier molecular flexibility index (Phi) is 4.07. The molecular weight excluding hydrogens is 220 g/mol. The van der Waals surface area contributed by atoms with Gasteiger partial charge in [0.25, 0.3) is 0 Å². The van der Waals surface area contributed by atoms with E-state index in [0.717, 1.165) is 18.9 Å². The van der Waals surface area contributed by atoms with Crippen LogP contribution in [-0.2, 0) is 13.0 Å². The van der Waals surface area contributed by atoms with Gasteiger partial charge >= 0.3 is 0 Å². The molecule has 2 nitrogen and oxygen atoms in total. The van der Waals surface area contributed by atoms with Crippen molar-refractivity contribution in [1.82, 2.24) is 4.57 Å². The summed E-state index contributed by atoms with van der Waals surface area (Å²) in [5.41, 5.74) is 8.62. The first-order chi connectivity index (χ1) is 8.61. The standard InChI is InChI=1S/C16H24N2/c1-4-12(2)11-18-9-8-15-14(10-13(3)17)6-5-7-16(15)18/h5-9,12-13H,4,10-11,17H2,1-3H3. The molecule has 0 aliphatic heterocycles. The molecule has 0 aliphatic rings. The maximum Gasteiger partial charge on any atom is 0.0483 e. The van der Waals surface area contributed by atoms with Crippen molar-refractivity contribution >= 4 is 10.9 Å². The van der Waals surface area contributed by atoms with E-state index in [1.807, 2.05) is 0 Å². The first kappa shape index (κ1) is 13.2. The maximum atomic E-state index is 5.92. The third-order valence-corrected chi connectivity index (χ3v) is 3.65. The Morgan fingerprint density at radius 1 is 1.22 bits per heavy atom. The third-order valence-electron chi connectivity index (χ3n) is 3.65. The molecule has 0 saturated carbocycles. The zero-order chi connectivity index (χ0) is 13.1. The highest BCUT2D eigenvalue weighted by Crippen LogP contribution is 2.22. The molecule has 0 amide bonds. The number of hydrogen-bond acceptors (Lipinski definition) is 1. The van der Waals surface area contributed by atoms with Crippen LogP contribution in [0.1, 0.15) is 32.8 Å². The van der Waals surface area contributed by atoms with E-state index in [4.69, 9.17) is 5.73 Å². The van der Waals surface area contributed by atoms with Crippen molar-refractivity contribution in [3.63, 3.8) is 0 Å². The summed E-state index contributed by atoms with van der Waals surface area (Å²) < 4.78 is 2.37. The van der Waals surface area contributed by atoms with Crippen LogP contribution in [0.4, 0.5) is 0 Å². The lowest BCUT2D eigenvalue weighted by atomic mass is 10.0. The van der Waals surface area contributed by atoms with E-state index in [0.29, 0.717) is 0 Å². The van der Waals surface area contributed by atoms with Crippen molar-refractivity contribution in [2.45, 2.75) is 46.2 Å². The molecule has 0 fully saturated rings. The summed E-state index contributed by atoms with van der Waals surface area (Å²) in [6.07, 6.45) is 4.38. The fourth-order valence-corrected chi connectivity index (χ4v) is 2.44. The van der Waals surface area contributed by atoms with Gasteiger partial charge in [-0.2, -0.15) is 0 Å². The molecule has 0 spiro atoms. The lowest BCUT2D eigenvalue weighted by Crippen LogP contribution is -2.17. The summed E-state index contributed by atoms with van der Waals surface area (Å²) in [6, 6.07) is 9.00. The fraction of sp³-hybridized carbons (Fsp3) is 0.500.